The summed E-state index contributed by atoms with van der Waals surface area (Å²) in [6, 6.07) is 0. The summed E-state index contributed by atoms with van der Waals surface area (Å²) in [6.45, 7) is 0. The molecule has 0 amide bonds. The number of hydrogen-bond acceptors (Lipinski definition) is 5. The predicted molar refractivity (Wildman–Crippen MR) is 44.5 cm³/mol. The van der Waals surface area contributed by atoms with Gasteiger partial charge in [0.15, 0.2) is 17.4 Å². The van der Waals surface area contributed by atoms with Crippen LogP contribution in [0.1, 0.15) is 2.85 Å². The maximum absolute atomic E-state index is 8.74. The molecule has 0 spiro atoms. The van der Waals surface area contributed by atoms with Gasteiger partial charge in [0.25, 0.3) is 0 Å². The fourth-order valence-electron chi connectivity index (χ4n) is 0. The van der Waals surface area contributed by atoms with Crippen molar-refractivity contribution in [3.05, 3.63) is 0 Å². The summed E-state index contributed by atoms with van der Waals surface area (Å²) in [7, 11) is -6.83. The maximum Gasteiger partial charge on any atom is 2.00 e. The van der Waals surface area contributed by atoms with Gasteiger partial charge < -0.3 is 17.9 Å². The van der Waals surface area contributed by atoms with Gasteiger partial charge in [0.1, 0.15) is 0 Å². The average Bonchev–Trinajstić information content (AvgIpc) is 1.19. The summed E-state index contributed by atoms with van der Waals surface area (Å²) in [5.74, 6) is 0. The Morgan fingerprint density at radius 1 is 1.09 bits per heavy atom. The van der Waals surface area contributed by atoms with Crippen LogP contribution in [0, 0.1) is 0 Å². The molecule has 0 rings (SSSR count). The van der Waals surface area contributed by atoms with Gasteiger partial charge in [0.2, 0.25) is 0 Å². The van der Waals surface area contributed by atoms with E-state index < -0.39 is 17.7 Å². The first-order valence-corrected chi connectivity index (χ1v) is 2.87. The van der Waals surface area contributed by atoms with Gasteiger partial charge in [-0.25, -0.2) is 0 Å². The Morgan fingerprint density at radius 3 is 1.09 bits per heavy atom. The van der Waals surface area contributed by atoms with Crippen LogP contribution in [0.4, 0.5) is 0 Å². The molecule has 0 unspecified atom stereocenters. The van der Waals surface area contributed by atoms with E-state index in [4.69, 9.17) is 32.6 Å². The fraction of sp³-hybridized carbons (Fsp3) is 0. The molecule has 0 aliphatic heterocycles. The van der Waals surface area contributed by atoms with Crippen LogP contribution in [0.5, 0.6) is 0 Å². The van der Waals surface area contributed by atoms with Gasteiger partial charge in [-0.05, 0) is 0 Å². The van der Waals surface area contributed by atoms with Gasteiger partial charge in [-0.1, -0.05) is 0 Å². The first-order chi connectivity index (χ1) is 3.73. The third kappa shape index (κ3) is 744. The largest absolute Gasteiger partial charge is 2.00 e. The van der Waals surface area contributed by atoms with E-state index in [9.17, 15) is 0 Å². The summed E-state index contributed by atoms with van der Waals surface area (Å²) >= 11 is 0. The molecule has 0 aliphatic carbocycles. The summed E-state index contributed by atoms with van der Waals surface area (Å²) < 4.78 is 31.6. The van der Waals surface area contributed by atoms with Gasteiger partial charge in [-0.3, -0.25) is 9.11 Å². The van der Waals surface area contributed by atoms with Gasteiger partial charge in [-0.15, -0.1) is 0 Å². The minimum Gasteiger partial charge on any atom is -1.00 e. The van der Waals surface area contributed by atoms with E-state index in [1.807, 2.05) is 0 Å². The molecule has 0 atom stereocenters. The van der Waals surface area contributed by atoms with Gasteiger partial charge in [0, 0.05) is 0 Å². The van der Waals surface area contributed by atoms with Crippen molar-refractivity contribution in [3.63, 3.8) is 0 Å². The van der Waals surface area contributed by atoms with Crippen molar-refractivity contribution in [1.29, 1.82) is 0 Å². The molecule has 0 aliphatic rings. The Labute approximate surface area is 93.4 Å². The van der Waals surface area contributed by atoms with E-state index in [2.05, 4.69) is 0 Å². The molecule has 0 radical (unpaired) electrons. The Kier molecular flexibility index (Phi) is 23.0. The van der Waals surface area contributed by atoms with Crippen molar-refractivity contribution < 1.29 is 35.4 Å². The molecule has 0 heterocycles. The summed E-state index contributed by atoms with van der Waals surface area (Å²) in [5, 5.41) is 21.5. The molecule has 11 heteroatoms. The number of rotatable bonds is 0. The second-order valence-corrected chi connectivity index (χ2v) is 1.69. The van der Waals surface area contributed by atoms with E-state index >= 15 is 0 Å². The third-order valence-electron chi connectivity index (χ3n) is 0. The molecular weight excluding hydrogens is 206 g/mol. The van der Waals surface area contributed by atoms with Crippen molar-refractivity contribution in [3.8, 4) is 0 Å². The zero-order chi connectivity index (χ0) is 8.08. The van der Waals surface area contributed by atoms with E-state index in [0.717, 1.165) is 0 Å². The van der Waals surface area contributed by atoms with Crippen molar-refractivity contribution in [2.45, 2.75) is 0 Å². The number of hydrogen-bond donors (Lipinski definition) is 5. The van der Waals surface area contributed by atoms with Gasteiger partial charge in [0.05, 0.1) is 0 Å². The molecular formula is H10AlBMgO7S. The van der Waals surface area contributed by atoms with Crippen molar-refractivity contribution in [1.82, 2.24) is 0 Å². The molecule has 0 saturated heterocycles. The van der Waals surface area contributed by atoms with Crippen molar-refractivity contribution in [2.24, 2.45) is 0 Å². The van der Waals surface area contributed by atoms with Gasteiger partial charge >= 0.3 is 40.8 Å². The molecule has 7 nitrogen and oxygen atoms in total. The first-order valence-electron chi connectivity index (χ1n) is 1.47. The molecule has 0 aromatic heterocycles. The average molecular weight is 216 g/mol. The normalized spacial score (nSPS) is 7.73. The molecule has 0 aromatic carbocycles. The van der Waals surface area contributed by atoms with Crippen LogP contribution < -0.4 is 0 Å². The molecule has 66 valence electrons. The molecule has 5 N–H and O–H groups in total. The first kappa shape index (κ1) is 22.7. The van der Waals surface area contributed by atoms with Crippen LogP contribution in [0.3, 0.4) is 0 Å². The van der Waals surface area contributed by atoms with E-state index in [0.29, 0.717) is 0 Å². The predicted octanol–water partition coefficient (Wildman–Crippen LogP) is -4.04. The van der Waals surface area contributed by atoms with Crippen molar-refractivity contribution >= 4 is 58.1 Å². The Bertz CT molecular complexity index is 138. The quantitative estimate of drug-likeness (QED) is 0.205. The topological polar surface area (TPSA) is 135 Å². The fourth-order valence-corrected chi connectivity index (χ4v) is 0. The van der Waals surface area contributed by atoms with Crippen LogP contribution in [0.25, 0.3) is 0 Å². The van der Waals surface area contributed by atoms with E-state index in [1.54, 1.807) is 0 Å². The molecule has 0 fully saturated rings. The Balaban J connectivity index is -0.0000000146. The summed E-state index contributed by atoms with van der Waals surface area (Å²) in [5.41, 5.74) is 0. The second kappa shape index (κ2) is 11.1. The van der Waals surface area contributed by atoms with Crippen LogP contribution in [-0.2, 0) is 10.4 Å². The molecule has 11 heavy (non-hydrogen) atoms. The van der Waals surface area contributed by atoms with Crippen molar-refractivity contribution in [2.75, 3.05) is 0 Å². The van der Waals surface area contributed by atoms with Crippen LogP contribution in [0.2, 0.25) is 0 Å². The third-order valence-corrected chi connectivity index (χ3v) is 0. The second-order valence-electron chi connectivity index (χ2n) is 0.794. The summed E-state index contributed by atoms with van der Waals surface area (Å²) in [6.07, 6.45) is 0. The van der Waals surface area contributed by atoms with E-state index in [1.165, 1.54) is 0 Å². The van der Waals surface area contributed by atoms with Crippen LogP contribution in [0.15, 0.2) is 0 Å². The Hall–Kier alpha value is 1.11. The zero-order valence-electron chi connectivity index (χ0n) is 6.75. The van der Waals surface area contributed by atoms with Crippen LogP contribution >= 0.6 is 0 Å². The smallest absolute Gasteiger partial charge is 1.00 e. The summed E-state index contributed by atoms with van der Waals surface area (Å²) in [4.78, 5) is 0. The minimum atomic E-state index is -4.67. The molecule has 0 saturated carbocycles. The zero-order valence-corrected chi connectivity index (χ0v) is 6.98. The standard InChI is InChI=1S/Al.BH3O3.Mg.H2O4S.5H/c;2-1(3)4;;1-5(2,3)4;;;;;/h;2-4H;;(H2,1,2,3,4);;;;;/q;;+2;;;;;2*-1. The molecule has 0 bridgehead atoms. The maximum atomic E-state index is 8.74. The monoisotopic (exact) mass is 216 g/mol. The SMILES string of the molecule is O=S(=O)(O)O.OB(O)O.[AlH3].[H-].[H-].[Mg+2]. The van der Waals surface area contributed by atoms with Crippen LogP contribution in [-0.4, -0.2) is 80.3 Å². The molecule has 0 aromatic rings. The Morgan fingerprint density at radius 2 is 1.09 bits per heavy atom. The van der Waals surface area contributed by atoms with E-state index in [-0.39, 0.29) is 43.3 Å². The minimum absolute atomic E-state index is 0. The van der Waals surface area contributed by atoms with Gasteiger partial charge in [-0.2, -0.15) is 8.42 Å².